The maximum absolute atomic E-state index is 10.1. The largest absolute Gasteiger partial charge is 1.00 e. The minimum atomic E-state index is -1.06. The van der Waals surface area contributed by atoms with E-state index in [2.05, 4.69) is 6.92 Å². The van der Waals surface area contributed by atoms with Crippen LogP contribution in [0.2, 0.25) is 0 Å². The van der Waals surface area contributed by atoms with Gasteiger partial charge in [0.25, 0.3) is 0 Å². The third-order valence-corrected chi connectivity index (χ3v) is 1.33. The summed E-state index contributed by atoms with van der Waals surface area (Å²) < 4.78 is 0. The first-order chi connectivity index (χ1) is 4.68. The van der Waals surface area contributed by atoms with Crippen molar-refractivity contribution in [1.82, 2.24) is 0 Å². The molecule has 0 bridgehead atoms. The Balaban J connectivity index is 0. The van der Waals surface area contributed by atoms with Crippen LogP contribution in [0.1, 0.15) is 33.1 Å². The number of hydrogen-bond acceptors (Lipinski definition) is 2. The summed E-state index contributed by atoms with van der Waals surface area (Å²) in [6, 6.07) is 0. The summed E-state index contributed by atoms with van der Waals surface area (Å²) in [5, 5.41) is 10.1. The van der Waals surface area contributed by atoms with Crippen LogP contribution in [0.25, 0.3) is 0 Å². The number of unbranched alkanes of at least 4 members (excludes halogenated alkanes) is 2. The van der Waals surface area contributed by atoms with Gasteiger partial charge in [0.05, 0.1) is 5.97 Å². The molecule has 0 aromatic rings. The Kier molecular flexibility index (Phi) is 10.4. The van der Waals surface area contributed by atoms with E-state index < -0.39 is 5.97 Å². The maximum atomic E-state index is 10.1. The molecule has 0 amide bonds. The third kappa shape index (κ3) is 8.11. The second kappa shape index (κ2) is 8.31. The number of carbonyl (C=O) groups excluding carboxylic acids is 1. The van der Waals surface area contributed by atoms with Crippen molar-refractivity contribution in [3.63, 3.8) is 0 Å². The molecule has 0 saturated heterocycles. The molecule has 0 aromatic heterocycles. The summed E-state index contributed by atoms with van der Waals surface area (Å²) in [7, 11) is 0. The summed E-state index contributed by atoms with van der Waals surface area (Å²) in [6.07, 6.45) is 4.69. The van der Waals surface area contributed by atoms with E-state index in [1.165, 1.54) is 0 Å². The van der Waals surface area contributed by atoms with E-state index in [4.69, 9.17) is 0 Å². The first-order valence-corrected chi connectivity index (χ1v) is 3.56. The van der Waals surface area contributed by atoms with Crippen molar-refractivity contribution >= 4 is 5.97 Å². The number of aliphatic carboxylic acids is 1. The molecule has 3 heteroatoms. The van der Waals surface area contributed by atoms with Gasteiger partial charge in [0.15, 0.2) is 0 Å². The quantitative estimate of drug-likeness (QED) is 0.271. The van der Waals surface area contributed by atoms with Crippen molar-refractivity contribution in [3.8, 4) is 0 Å². The number of allylic oxidation sites excluding steroid dienone is 1. The molecular weight excluding hydrogens is 151 g/mol. The maximum Gasteiger partial charge on any atom is 1.00 e. The topological polar surface area (TPSA) is 40.1 Å². The molecule has 0 aliphatic rings. The van der Waals surface area contributed by atoms with Gasteiger partial charge >= 0.3 is 29.6 Å². The van der Waals surface area contributed by atoms with E-state index in [0.29, 0.717) is 5.57 Å². The van der Waals surface area contributed by atoms with Crippen LogP contribution in [0.4, 0.5) is 0 Å². The first-order valence-electron chi connectivity index (χ1n) is 3.56. The van der Waals surface area contributed by atoms with Crippen LogP contribution < -0.4 is 34.7 Å². The van der Waals surface area contributed by atoms with Crippen LogP contribution in [0.15, 0.2) is 11.6 Å². The van der Waals surface area contributed by atoms with E-state index in [1.807, 2.05) is 0 Å². The molecule has 0 rings (SSSR count). The SMILES string of the molecule is CCCCC=C(C)C(=O)[O-].[Na+]. The normalized spacial score (nSPS) is 10.5. The fraction of sp³-hybridized carbons (Fsp3) is 0.625. The van der Waals surface area contributed by atoms with Gasteiger partial charge in [0.2, 0.25) is 0 Å². The van der Waals surface area contributed by atoms with E-state index in [9.17, 15) is 9.90 Å². The van der Waals surface area contributed by atoms with Crippen LogP contribution in [-0.4, -0.2) is 5.97 Å². The van der Waals surface area contributed by atoms with Crippen LogP contribution >= 0.6 is 0 Å². The monoisotopic (exact) mass is 164 g/mol. The number of carboxylic acids is 1. The molecule has 0 aliphatic heterocycles. The number of hydrogen-bond donors (Lipinski definition) is 0. The molecular formula is C8H13NaO2. The smallest absolute Gasteiger partial charge is 0.545 e. The predicted octanol–water partition coefficient (Wildman–Crippen LogP) is -2.12. The van der Waals surface area contributed by atoms with Crippen LogP contribution in [0, 0.1) is 0 Å². The zero-order valence-electron chi connectivity index (χ0n) is 7.52. The van der Waals surface area contributed by atoms with Crippen molar-refractivity contribution in [2.24, 2.45) is 0 Å². The molecule has 0 aliphatic carbocycles. The number of carbonyl (C=O) groups is 1. The second-order valence-electron chi connectivity index (χ2n) is 2.32. The molecule has 0 radical (unpaired) electrons. The Bertz CT molecular complexity index is 141. The summed E-state index contributed by atoms with van der Waals surface area (Å²) in [5.41, 5.74) is 0.341. The van der Waals surface area contributed by atoms with Gasteiger partial charge in [-0.15, -0.1) is 0 Å². The first kappa shape index (κ1) is 13.8. The molecule has 0 atom stereocenters. The van der Waals surface area contributed by atoms with Crippen molar-refractivity contribution < 1.29 is 39.5 Å². The fourth-order valence-electron chi connectivity index (χ4n) is 0.606. The molecule has 0 heterocycles. The minimum Gasteiger partial charge on any atom is -0.545 e. The van der Waals surface area contributed by atoms with Crippen LogP contribution in [-0.2, 0) is 4.79 Å². The predicted molar refractivity (Wildman–Crippen MR) is 38.3 cm³/mol. The Morgan fingerprint density at radius 2 is 2.09 bits per heavy atom. The summed E-state index contributed by atoms with van der Waals surface area (Å²) in [6.45, 7) is 3.63. The molecule has 0 aromatic carbocycles. The van der Waals surface area contributed by atoms with Gasteiger partial charge in [-0.2, -0.15) is 0 Å². The molecule has 0 spiro atoms. The summed E-state index contributed by atoms with van der Waals surface area (Å²) >= 11 is 0. The Hall–Kier alpha value is 0.210. The second-order valence-corrected chi connectivity index (χ2v) is 2.32. The summed E-state index contributed by atoms with van der Waals surface area (Å²) in [4.78, 5) is 10.1. The number of carboxylic acid groups (broad SMARTS) is 1. The van der Waals surface area contributed by atoms with Gasteiger partial charge in [-0.1, -0.05) is 25.8 Å². The molecule has 11 heavy (non-hydrogen) atoms. The van der Waals surface area contributed by atoms with Crippen molar-refractivity contribution in [2.75, 3.05) is 0 Å². The molecule has 0 saturated carbocycles. The zero-order valence-corrected chi connectivity index (χ0v) is 9.52. The third-order valence-electron chi connectivity index (χ3n) is 1.33. The molecule has 0 N–H and O–H groups in total. The Labute approximate surface area is 90.0 Å². The fourth-order valence-corrected chi connectivity index (χ4v) is 0.606. The molecule has 58 valence electrons. The van der Waals surface area contributed by atoms with E-state index >= 15 is 0 Å². The van der Waals surface area contributed by atoms with Gasteiger partial charge in [0.1, 0.15) is 0 Å². The molecule has 2 nitrogen and oxygen atoms in total. The van der Waals surface area contributed by atoms with E-state index in [0.717, 1.165) is 19.3 Å². The van der Waals surface area contributed by atoms with Gasteiger partial charge in [0, 0.05) is 0 Å². The van der Waals surface area contributed by atoms with Crippen LogP contribution in [0.3, 0.4) is 0 Å². The van der Waals surface area contributed by atoms with Gasteiger partial charge in [-0.25, -0.2) is 0 Å². The molecule has 0 unspecified atom stereocenters. The van der Waals surface area contributed by atoms with E-state index in [1.54, 1.807) is 13.0 Å². The number of rotatable bonds is 4. The average molecular weight is 164 g/mol. The van der Waals surface area contributed by atoms with E-state index in [-0.39, 0.29) is 29.6 Å². The Morgan fingerprint density at radius 1 is 1.55 bits per heavy atom. The van der Waals surface area contributed by atoms with Gasteiger partial charge in [-0.3, -0.25) is 0 Å². The van der Waals surface area contributed by atoms with Gasteiger partial charge < -0.3 is 9.90 Å². The van der Waals surface area contributed by atoms with Crippen molar-refractivity contribution in [2.45, 2.75) is 33.1 Å². The minimum absolute atomic E-state index is 0. The summed E-state index contributed by atoms with van der Waals surface area (Å²) in [5.74, 6) is -1.06. The van der Waals surface area contributed by atoms with Crippen molar-refractivity contribution in [1.29, 1.82) is 0 Å². The zero-order chi connectivity index (χ0) is 7.98. The Morgan fingerprint density at radius 3 is 2.45 bits per heavy atom. The standard InChI is InChI=1S/C8H14O2.Na/c1-3-4-5-6-7(2)8(9)10;/h6H,3-5H2,1-2H3,(H,9,10);/q;+1/p-1. The van der Waals surface area contributed by atoms with Gasteiger partial charge in [-0.05, 0) is 18.9 Å². The van der Waals surface area contributed by atoms with Crippen LogP contribution in [0.5, 0.6) is 0 Å². The average Bonchev–Trinajstić information content (AvgIpc) is 1.88. The molecule has 0 fully saturated rings. The van der Waals surface area contributed by atoms with Crippen molar-refractivity contribution in [3.05, 3.63) is 11.6 Å².